The van der Waals surface area contributed by atoms with E-state index in [2.05, 4.69) is 30.4 Å². The number of esters is 1. The Morgan fingerprint density at radius 3 is 2.64 bits per heavy atom. The number of fused-ring (bicyclic) bond motifs is 4. The summed E-state index contributed by atoms with van der Waals surface area (Å²) in [4.78, 5) is 12.1. The molecule has 0 amide bonds. The van der Waals surface area contributed by atoms with E-state index < -0.39 is 0 Å². The van der Waals surface area contributed by atoms with Gasteiger partial charge < -0.3 is 24.1 Å². The van der Waals surface area contributed by atoms with Crippen molar-refractivity contribution in [3.63, 3.8) is 0 Å². The normalized spacial score (nSPS) is 19.9. The molecule has 0 saturated heterocycles. The van der Waals surface area contributed by atoms with Crippen molar-refractivity contribution in [1.82, 2.24) is 5.16 Å². The van der Waals surface area contributed by atoms with E-state index in [-0.39, 0.29) is 23.3 Å². The summed E-state index contributed by atoms with van der Waals surface area (Å²) < 4.78 is 22.4. The van der Waals surface area contributed by atoms with Crippen LogP contribution in [0.15, 0.2) is 34.9 Å². The Labute approximate surface area is 193 Å². The molecule has 0 bridgehead atoms. The maximum Gasteiger partial charge on any atom is 0.337 e. The molecule has 7 nitrogen and oxygen atoms in total. The fraction of sp³-hybridized carbons (Fsp3) is 0.385. The number of carbonyl (C=O) groups excluding carboxylic acids is 1. The van der Waals surface area contributed by atoms with Gasteiger partial charge in [0.1, 0.15) is 5.76 Å². The number of nitrogens with one attached hydrogen (secondary N) is 1. The van der Waals surface area contributed by atoms with Crippen LogP contribution in [0.25, 0.3) is 11.1 Å². The predicted molar refractivity (Wildman–Crippen MR) is 124 cm³/mol. The molecule has 3 aromatic rings. The molecule has 2 aliphatic rings. The van der Waals surface area contributed by atoms with Crippen molar-refractivity contribution < 1.29 is 23.5 Å². The SMILES string of the molecule is COC(=O)c1ccc2c(c1)C(C)(C)[C@H]1COc3c(OC)cc(-c4c(C)noc4C)cc3[C@H]1N2. The quantitative estimate of drug-likeness (QED) is 0.551. The lowest BCUT2D eigenvalue weighted by Crippen LogP contribution is -2.46. The first-order valence-corrected chi connectivity index (χ1v) is 11.0. The van der Waals surface area contributed by atoms with Crippen molar-refractivity contribution in [2.24, 2.45) is 5.92 Å². The second kappa shape index (κ2) is 7.54. The third-order valence-electron chi connectivity index (χ3n) is 7.14. The van der Waals surface area contributed by atoms with Crippen molar-refractivity contribution in [3.8, 4) is 22.6 Å². The average Bonchev–Trinajstić information content (AvgIpc) is 3.15. The number of nitrogens with zero attached hydrogens (tertiary/aromatic N) is 1. The number of hydrogen-bond donors (Lipinski definition) is 1. The molecule has 0 saturated carbocycles. The van der Waals surface area contributed by atoms with Crippen LogP contribution in [-0.2, 0) is 10.2 Å². The highest BCUT2D eigenvalue weighted by atomic mass is 16.5. The van der Waals surface area contributed by atoms with Crippen LogP contribution < -0.4 is 14.8 Å². The Balaban J connectivity index is 1.66. The van der Waals surface area contributed by atoms with Gasteiger partial charge in [0, 0.05) is 28.1 Å². The van der Waals surface area contributed by atoms with E-state index in [1.807, 2.05) is 32.0 Å². The molecule has 2 atom stereocenters. The molecule has 2 aromatic carbocycles. The molecular weight excluding hydrogens is 420 g/mol. The third-order valence-corrected chi connectivity index (χ3v) is 7.14. The number of rotatable bonds is 3. The van der Waals surface area contributed by atoms with Gasteiger partial charge in [-0.2, -0.15) is 0 Å². The summed E-state index contributed by atoms with van der Waals surface area (Å²) in [5, 5.41) is 7.84. The van der Waals surface area contributed by atoms with Gasteiger partial charge in [0.25, 0.3) is 0 Å². The molecule has 0 fully saturated rings. The van der Waals surface area contributed by atoms with E-state index in [4.69, 9.17) is 18.7 Å². The molecule has 1 aromatic heterocycles. The van der Waals surface area contributed by atoms with Gasteiger partial charge in [-0.25, -0.2) is 4.79 Å². The highest BCUT2D eigenvalue weighted by Crippen LogP contribution is 2.54. The van der Waals surface area contributed by atoms with Gasteiger partial charge in [0.2, 0.25) is 0 Å². The van der Waals surface area contributed by atoms with Gasteiger partial charge in [-0.1, -0.05) is 19.0 Å². The van der Waals surface area contributed by atoms with Gasteiger partial charge in [-0.3, -0.25) is 0 Å². The number of methoxy groups -OCH3 is 2. The summed E-state index contributed by atoms with van der Waals surface area (Å²) in [5.74, 6) is 2.00. The van der Waals surface area contributed by atoms with Crippen LogP contribution >= 0.6 is 0 Å². The summed E-state index contributed by atoms with van der Waals surface area (Å²) in [7, 11) is 3.06. The van der Waals surface area contributed by atoms with Crippen LogP contribution in [0.2, 0.25) is 0 Å². The number of benzene rings is 2. The van der Waals surface area contributed by atoms with Crippen molar-refractivity contribution in [2.75, 3.05) is 26.1 Å². The summed E-state index contributed by atoms with van der Waals surface area (Å²) >= 11 is 0. The molecule has 0 unspecified atom stereocenters. The van der Waals surface area contributed by atoms with Gasteiger partial charge in [-0.05, 0) is 55.3 Å². The van der Waals surface area contributed by atoms with Crippen LogP contribution in [0.4, 0.5) is 5.69 Å². The lowest BCUT2D eigenvalue weighted by atomic mass is 9.65. The minimum atomic E-state index is -0.338. The largest absolute Gasteiger partial charge is 0.493 e. The standard InChI is InChI=1S/C26H28N2O5/c1-13-22(14(2)33-28-13)16-9-17-23-19(12-32-24(17)21(11-16)30-5)26(3,4)18-10-15(25(29)31-6)7-8-20(18)27-23/h7-11,19,23,27H,12H2,1-6H3/t19-,23+/m0/s1. The summed E-state index contributed by atoms with van der Waals surface area (Å²) in [6.07, 6.45) is 0. The maximum absolute atomic E-state index is 12.1. The van der Waals surface area contributed by atoms with Crippen molar-refractivity contribution in [3.05, 3.63) is 58.5 Å². The van der Waals surface area contributed by atoms with E-state index in [9.17, 15) is 4.79 Å². The molecule has 33 heavy (non-hydrogen) atoms. The fourth-order valence-electron chi connectivity index (χ4n) is 5.31. The number of aromatic nitrogens is 1. The zero-order chi connectivity index (χ0) is 23.5. The minimum Gasteiger partial charge on any atom is -0.493 e. The molecule has 0 radical (unpaired) electrons. The van der Waals surface area contributed by atoms with E-state index in [0.717, 1.165) is 45.1 Å². The summed E-state index contributed by atoms with van der Waals surface area (Å²) in [5.41, 5.74) is 6.20. The smallest absolute Gasteiger partial charge is 0.337 e. The second-order valence-corrected chi connectivity index (χ2v) is 9.31. The van der Waals surface area contributed by atoms with Crippen LogP contribution in [0, 0.1) is 19.8 Å². The Kier molecular flexibility index (Phi) is 4.88. The van der Waals surface area contributed by atoms with Crippen molar-refractivity contribution >= 4 is 11.7 Å². The van der Waals surface area contributed by atoms with Gasteiger partial charge in [-0.15, -0.1) is 0 Å². The Morgan fingerprint density at radius 1 is 1.18 bits per heavy atom. The Morgan fingerprint density at radius 2 is 1.97 bits per heavy atom. The van der Waals surface area contributed by atoms with Crippen LogP contribution in [0.3, 0.4) is 0 Å². The zero-order valence-electron chi connectivity index (χ0n) is 19.7. The van der Waals surface area contributed by atoms with Crippen molar-refractivity contribution in [2.45, 2.75) is 39.2 Å². The molecule has 3 heterocycles. The first-order valence-electron chi connectivity index (χ1n) is 11.0. The number of anilines is 1. The van der Waals surface area contributed by atoms with Gasteiger partial charge in [0.15, 0.2) is 11.5 Å². The number of aryl methyl sites for hydroxylation is 2. The number of ether oxygens (including phenoxy) is 3. The molecule has 0 spiro atoms. The number of hydrogen-bond acceptors (Lipinski definition) is 7. The van der Waals surface area contributed by atoms with Gasteiger partial charge in [0.05, 0.1) is 38.1 Å². The molecule has 1 N–H and O–H groups in total. The molecule has 172 valence electrons. The van der Waals surface area contributed by atoms with E-state index in [1.165, 1.54) is 7.11 Å². The monoisotopic (exact) mass is 448 g/mol. The first kappa shape index (κ1) is 21.4. The highest BCUT2D eigenvalue weighted by molar-refractivity contribution is 5.90. The molecule has 2 aliphatic heterocycles. The highest BCUT2D eigenvalue weighted by Gasteiger charge is 2.47. The van der Waals surface area contributed by atoms with Crippen LogP contribution in [-0.4, -0.2) is 32.0 Å². The summed E-state index contributed by atoms with van der Waals surface area (Å²) in [6, 6.07) is 9.84. The molecular formula is C26H28N2O5. The molecule has 0 aliphatic carbocycles. The maximum atomic E-state index is 12.1. The lowest BCUT2D eigenvalue weighted by molar-refractivity contribution is 0.0600. The van der Waals surface area contributed by atoms with Gasteiger partial charge >= 0.3 is 5.97 Å². The average molecular weight is 449 g/mol. The molecule has 7 heteroatoms. The third kappa shape index (κ3) is 3.17. The first-order chi connectivity index (χ1) is 15.8. The number of carbonyl (C=O) groups is 1. The summed E-state index contributed by atoms with van der Waals surface area (Å²) in [6.45, 7) is 8.79. The fourth-order valence-corrected chi connectivity index (χ4v) is 5.31. The predicted octanol–water partition coefficient (Wildman–Crippen LogP) is 5.21. The lowest BCUT2D eigenvalue weighted by Gasteiger charge is -2.48. The van der Waals surface area contributed by atoms with E-state index in [1.54, 1.807) is 13.2 Å². The second-order valence-electron chi connectivity index (χ2n) is 9.31. The van der Waals surface area contributed by atoms with Crippen molar-refractivity contribution in [1.29, 1.82) is 0 Å². The Bertz CT molecular complexity index is 1240. The Hall–Kier alpha value is -3.48. The molecule has 5 rings (SSSR count). The zero-order valence-corrected chi connectivity index (χ0v) is 19.7. The van der Waals surface area contributed by atoms with E-state index in [0.29, 0.717) is 17.9 Å². The van der Waals surface area contributed by atoms with Crippen LogP contribution in [0.5, 0.6) is 11.5 Å². The van der Waals surface area contributed by atoms with Crippen LogP contribution in [0.1, 0.15) is 52.8 Å². The van der Waals surface area contributed by atoms with E-state index >= 15 is 0 Å². The topological polar surface area (TPSA) is 82.8 Å². The minimum absolute atomic E-state index is 0.00884.